The highest BCUT2D eigenvalue weighted by molar-refractivity contribution is 7.94. The number of sulfonamides is 1. The van der Waals surface area contributed by atoms with Crippen LogP contribution in [-0.4, -0.2) is 43.9 Å². The number of hydrogen-bond acceptors (Lipinski definition) is 6. The van der Waals surface area contributed by atoms with E-state index in [1.54, 1.807) is 13.8 Å². The van der Waals surface area contributed by atoms with Crippen LogP contribution in [0.4, 0.5) is 5.69 Å². The van der Waals surface area contributed by atoms with Gasteiger partial charge in [0.15, 0.2) is 0 Å². The Morgan fingerprint density at radius 2 is 1.28 bits per heavy atom. The molecule has 0 aliphatic carbocycles. The first-order valence-corrected chi connectivity index (χ1v) is 13.2. The SMILES string of the molecule is CCC(C)(C(C)(C)S(=O)(=O)O)C(C)(CC)S(=O)(=O)Nc1ccc(S(=O)(=O)O)cc1. The van der Waals surface area contributed by atoms with E-state index in [-0.39, 0.29) is 18.5 Å². The van der Waals surface area contributed by atoms with Crippen molar-refractivity contribution in [3.63, 3.8) is 0 Å². The lowest BCUT2D eigenvalue weighted by Crippen LogP contribution is -2.63. The van der Waals surface area contributed by atoms with Crippen LogP contribution in [0.2, 0.25) is 0 Å². The lowest BCUT2D eigenvalue weighted by Gasteiger charge is -2.52. The topological polar surface area (TPSA) is 155 Å². The second kappa shape index (κ2) is 7.80. The normalized spacial score (nSPS) is 17.9. The van der Waals surface area contributed by atoms with Crippen LogP contribution in [0.3, 0.4) is 0 Å². The first kappa shape index (κ1) is 25.8. The fourth-order valence-electron chi connectivity index (χ4n) is 3.56. The highest BCUT2D eigenvalue weighted by atomic mass is 32.2. The van der Waals surface area contributed by atoms with Crippen molar-refractivity contribution in [3.05, 3.63) is 24.3 Å². The maximum absolute atomic E-state index is 13.4. The number of anilines is 1. The summed E-state index contributed by atoms with van der Waals surface area (Å²) in [5, 5.41) is 0. The van der Waals surface area contributed by atoms with E-state index in [4.69, 9.17) is 4.55 Å². The van der Waals surface area contributed by atoms with Gasteiger partial charge in [0.25, 0.3) is 20.2 Å². The van der Waals surface area contributed by atoms with Crippen LogP contribution in [-0.2, 0) is 30.3 Å². The highest BCUT2D eigenvalue weighted by Gasteiger charge is 2.62. The van der Waals surface area contributed by atoms with Gasteiger partial charge in [-0.05, 0) is 57.9 Å². The van der Waals surface area contributed by atoms with Gasteiger partial charge in [-0.3, -0.25) is 13.8 Å². The molecule has 9 nitrogen and oxygen atoms in total. The van der Waals surface area contributed by atoms with Gasteiger partial charge in [0, 0.05) is 11.1 Å². The van der Waals surface area contributed by atoms with Crippen molar-refractivity contribution >= 4 is 35.9 Å². The van der Waals surface area contributed by atoms with E-state index in [2.05, 4.69) is 4.72 Å². The highest BCUT2D eigenvalue weighted by Crippen LogP contribution is 2.53. The molecule has 0 spiro atoms. The summed E-state index contributed by atoms with van der Waals surface area (Å²) in [6.07, 6.45) is 0.168. The van der Waals surface area contributed by atoms with Crippen LogP contribution in [0.5, 0.6) is 0 Å². The van der Waals surface area contributed by atoms with Crippen molar-refractivity contribution in [3.8, 4) is 0 Å². The molecule has 1 aromatic rings. The van der Waals surface area contributed by atoms with Gasteiger partial charge < -0.3 is 0 Å². The molecule has 0 saturated carbocycles. The zero-order valence-electron chi connectivity index (χ0n) is 17.3. The Morgan fingerprint density at radius 3 is 1.59 bits per heavy atom. The van der Waals surface area contributed by atoms with Gasteiger partial charge in [-0.1, -0.05) is 20.8 Å². The van der Waals surface area contributed by atoms with Crippen molar-refractivity contribution in [2.75, 3.05) is 4.72 Å². The molecule has 0 aliphatic heterocycles. The number of hydrogen-bond donors (Lipinski definition) is 3. The van der Waals surface area contributed by atoms with Crippen LogP contribution >= 0.6 is 0 Å². The van der Waals surface area contributed by atoms with Gasteiger partial charge in [0.2, 0.25) is 10.0 Å². The van der Waals surface area contributed by atoms with Crippen LogP contribution in [0.15, 0.2) is 29.2 Å². The molecule has 0 aromatic heterocycles. The molecule has 2 atom stereocenters. The van der Waals surface area contributed by atoms with E-state index < -0.39 is 50.1 Å². The summed E-state index contributed by atoms with van der Waals surface area (Å²) in [6, 6.07) is 4.43. The standard InChI is InChI=1S/C17H29NO8S3/c1-7-16(5,15(3,4)29(24,25)26)17(6,8-2)28(22,23)18-13-9-11-14(12-10-13)27(19,20)21/h9-12,18H,7-8H2,1-6H3,(H,19,20,21)(H,24,25,26). The van der Waals surface area contributed by atoms with Gasteiger partial charge in [-0.25, -0.2) is 8.42 Å². The average molecular weight is 472 g/mol. The molecule has 0 radical (unpaired) electrons. The van der Waals surface area contributed by atoms with Gasteiger partial charge in [0.1, 0.15) is 0 Å². The molecule has 0 aliphatic rings. The fraction of sp³-hybridized carbons (Fsp3) is 0.647. The Labute approximate surface area is 173 Å². The first-order chi connectivity index (χ1) is 12.8. The smallest absolute Gasteiger partial charge is 0.285 e. The van der Waals surface area contributed by atoms with Crippen molar-refractivity contribution in [2.45, 2.75) is 68.8 Å². The van der Waals surface area contributed by atoms with Gasteiger partial charge in [0.05, 0.1) is 14.4 Å². The summed E-state index contributed by atoms with van der Waals surface area (Å²) in [5.41, 5.74) is -1.36. The third-order valence-corrected chi connectivity index (χ3v) is 11.6. The summed E-state index contributed by atoms with van der Waals surface area (Å²) in [4.78, 5) is -0.399. The van der Waals surface area contributed by atoms with Crippen molar-refractivity contribution in [1.82, 2.24) is 0 Å². The Morgan fingerprint density at radius 1 is 0.828 bits per heavy atom. The minimum Gasteiger partial charge on any atom is -0.285 e. The molecule has 12 heteroatoms. The summed E-state index contributed by atoms with van der Waals surface area (Å²) in [6.45, 7) is 8.75. The second-order valence-corrected chi connectivity index (χ2v) is 13.4. The monoisotopic (exact) mass is 471 g/mol. The lowest BCUT2D eigenvalue weighted by atomic mass is 9.66. The molecule has 0 heterocycles. The number of benzene rings is 1. The van der Waals surface area contributed by atoms with E-state index in [9.17, 15) is 29.8 Å². The Hall–Kier alpha value is -1.21. The Bertz CT molecular complexity index is 1060. The second-order valence-electron chi connectivity index (χ2n) is 7.86. The van der Waals surface area contributed by atoms with E-state index >= 15 is 0 Å². The molecular weight excluding hydrogens is 442 g/mol. The predicted octanol–water partition coefficient (Wildman–Crippen LogP) is 2.93. The summed E-state index contributed by atoms with van der Waals surface area (Å²) in [7, 11) is -13.3. The van der Waals surface area contributed by atoms with Gasteiger partial charge >= 0.3 is 0 Å². The quantitative estimate of drug-likeness (QED) is 0.464. The molecule has 1 aromatic carbocycles. The zero-order chi connectivity index (χ0) is 23.1. The Kier molecular flexibility index (Phi) is 6.95. The van der Waals surface area contributed by atoms with Crippen molar-refractivity contribution in [2.24, 2.45) is 5.41 Å². The van der Waals surface area contributed by atoms with Crippen molar-refractivity contribution < 1.29 is 34.4 Å². The molecule has 0 saturated heterocycles. The molecule has 0 amide bonds. The van der Waals surface area contributed by atoms with Gasteiger partial charge in [-0.15, -0.1) is 0 Å². The third kappa shape index (κ3) is 4.31. The molecule has 0 fully saturated rings. The summed E-state index contributed by atoms with van der Waals surface area (Å²) >= 11 is 0. The van der Waals surface area contributed by atoms with Crippen LogP contribution in [0.1, 0.15) is 54.4 Å². The molecule has 3 N–H and O–H groups in total. The molecule has 0 bridgehead atoms. The van der Waals surface area contributed by atoms with Gasteiger partial charge in [-0.2, -0.15) is 16.8 Å². The predicted molar refractivity (Wildman–Crippen MR) is 112 cm³/mol. The zero-order valence-corrected chi connectivity index (χ0v) is 19.7. The summed E-state index contributed by atoms with van der Waals surface area (Å²) in [5.74, 6) is 0. The molecule has 1 rings (SSSR count). The summed E-state index contributed by atoms with van der Waals surface area (Å²) < 4.78 is 91.0. The van der Waals surface area contributed by atoms with Crippen LogP contribution < -0.4 is 4.72 Å². The fourth-order valence-corrected chi connectivity index (χ4v) is 7.09. The van der Waals surface area contributed by atoms with E-state index in [1.165, 1.54) is 39.8 Å². The third-order valence-electron chi connectivity index (χ3n) is 6.52. The lowest BCUT2D eigenvalue weighted by molar-refractivity contribution is 0.144. The maximum atomic E-state index is 13.4. The van der Waals surface area contributed by atoms with E-state index in [0.29, 0.717) is 0 Å². The maximum Gasteiger partial charge on any atom is 0.294 e. The van der Waals surface area contributed by atoms with Crippen LogP contribution in [0.25, 0.3) is 0 Å². The number of nitrogens with one attached hydrogen (secondary N) is 1. The van der Waals surface area contributed by atoms with E-state index in [1.807, 2.05) is 0 Å². The molecule has 29 heavy (non-hydrogen) atoms. The Balaban J connectivity index is 3.55. The average Bonchev–Trinajstić information content (AvgIpc) is 2.58. The minimum absolute atomic E-state index is 0.0364. The van der Waals surface area contributed by atoms with Crippen LogP contribution in [0, 0.1) is 5.41 Å². The van der Waals surface area contributed by atoms with Crippen molar-refractivity contribution in [1.29, 1.82) is 0 Å². The van der Waals surface area contributed by atoms with E-state index in [0.717, 1.165) is 12.1 Å². The molecular formula is C17H29NO8S3. The number of rotatable bonds is 9. The first-order valence-electron chi connectivity index (χ1n) is 8.87. The molecule has 168 valence electrons. The largest absolute Gasteiger partial charge is 0.294 e. The minimum atomic E-state index is -4.61. The molecule has 2 unspecified atom stereocenters.